The lowest BCUT2D eigenvalue weighted by Crippen LogP contribution is -2.47. The fraction of sp³-hybridized carbons (Fsp3) is 0.222. The minimum absolute atomic E-state index is 0.0451. The van der Waals surface area contributed by atoms with Gasteiger partial charge in [0.05, 0.1) is 6.20 Å². The van der Waals surface area contributed by atoms with Crippen LogP contribution >= 0.6 is 0 Å². The van der Waals surface area contributed by atoms with Crippen LogP contribution in [0.2, 0.25) is 0 Å². The zero-order valence-corrected chi connectivity index (χ0v) is 14.4. The number of pyridine rings is 1. The molecule has 4 rings (SSSR count). The highest BCUT2D eigenvalue weighted by Crippen LogP contribution is 2.22. The molecule has 1 aliphatic heterocycles. The molecule has 1 saturated heterocycles. The van der Waals surface area contributed by atoms with Gasteiger partial charge in [-0.05, 0) is 24.3 Å². The molecule has 3 heterocycles. The number of anilines is 4. The summed E-state index contributed by atoms with van der Waals surface area (Å²) in [6, 6.07) is 9.46. The average molecular weight is 369 g/mol. The minimum Gasteiger partial charge on any atom is -0.353 e. The maximum atomic E-state index is 13.8. The second-order valence-electron chi connectivity index (χ2n) is 6.02. The van der Waals surface area contributed by atoms with E-state index >= 15 is 0 Å². The van der Waals surface area contributed by atoms with Gasteiger partial charge in [-0.2, -0.15) is 10.1 Å². The number of nitrogens with zero attached hydrogens (tertiary/aromatic N) is 6. The number of aromatic nitrogens is 4. The number of benzene rings is 1. The summed E-state index contributed by atoms with van der Waals surface area (Å²) < 4.78 is 27.6. The van der Waals surface area contributed by atoms with Crippen LogP contribution in [0, 0.1) is 11.6 Å². The first-order valence-electron chi connectivity index (χ1n) is 8.52. The monoisotopic (exact) mass is 369 g/mol. The van der Waals surface area contributed by atoms with E-state index in [1.165, 1.54) is 18.2 Å². The predicted molar refractivity (Wildman–Crippen MR) is 98.1 cm³/mol. The standard InChI is InChI=1S/C18H17F2N7/c19-13-4-3-5-14(20)17(13)24-18-23-16(12-22-25-18)27-10-8-26(9-11-27)15-6-1-2-7-21-15/h1-7,12H,8-11H2,(H,23,24,25). The molecular formula is C18H17F2N7. The molecule has 9 heteroatoms. The third-order valence-electron chi connectivity index (χ3n) is 4.32. The molecule has 0 atom stereocenters. The predicted octanol–water partition coefficient (Wildman–Crippen LogP) is 2.62. The summed E-state index contributed by atoms with van der Waals surface area (Å²) in [7, 11) is 0. The highest BCUT2D eigenvalue weighted by atomic mass is 19.1. The lowest BCUT2D eigenvalue weighted by Gasteiger charge is -2.35. The summed E-state index contributed by atoms with van der Waals surface area (Å²) in [5, 5.41) is 10.3. The van der Waals surface area contributed by atoms with Crippen molar-refractivity contribution in [3.63, 3.8) is 0 Å². The summed E-state index contributed by atoms with van der Waals surface area (Å²) in [6.07, 6.45) is 3.31. The molecule has 0 unspecified atom stereocenters. The Balaban J connectivity index is 1.46. The van der Waals surface area contributed by atoms with Crippen molar-refractivity contribution in [1.82, 2.24) is 20.2 Å². The van der Waals surface area contributed by atoms with Crippen LogP contribution in [0.15, 0.2) is 48.8 Å². The molecule has 3 aromatic rings. The van der Waals surface area contributed by atoms with Crippen LogP contribution in [-0.2, 0) is 0 Å². The first-order chi connectivity index (χ1) is 13.2. The highest BCUT2D eigenvalue weighted by Gasteiger charge is 2.20. The van der Waals surface area contributed by atoms with Crippen molar-refractivity contribution in [2.75, 3.05) is 41.3 Å². The molecule has 0 spiro atoms. The van der Waals surface area contributed by atoms with Gasteiger partial charge < -0.3 is 15.1 Å². The van der Waals surface area contributed by atoms with Crippen LogP contribution in [0.4, 0.5) is 32.1 Å². The van der Waals surface area contributed by atoms with Crippen molar-refractivity contribution in [1.29, 1.82) is 0 Å². The summed E-state index contributed by atoms with van der Waals surface area (Å²) in [6.45, 7) is 3.02. The van der Waals surface area contributed by atoms with E-state index in [1.54, 1.807) is 12.4 Å². The largest absolute Gasteiger partial charge is 0.353 e. The zero-order chi connectivity index (χ0) is 18.6. The van der Waals surface area contributed by atoms with Crippen molar-refractivity contribution in [2.24, 2.45) is 0 Å². The summed E-state index contributed by atoms with van der Waals surface area (Å²) in [4.78, 5) is 13.0. The van der Waals surface area contributed by atoms with Gasteiger partial charge in [-0.15, -0.1) is 5.10 Å². The minimum atomic E-state index is -0.715. The molecule has 0 aliphatic carbocycles. The molecule has 0 bridgehead atoms. The first kappa shape index (κ1) is 17.1. The summed E-state index contributed by atoms with van der Waals surface area (Å²) >= 11 is 0. The molecule has 1 N–H and O–H groups in total. The van der Waals surface area contributed by atoms with Gasteiger partial charge in [-0.1, -0.05) is 12.1 Å². The maximum absolute atomic E-state index is 13.8. The van der Waals surface area contributed by atoms with E-state index in [4.69, 9.17) is 0 Å². The summed E-state index contributed by atoms with van der Waals surface area (Å²) in [5.41, 5.74) is -0.295. The molecule has 0 saturated carbocycles. The van der Waals surface area contributed by atoms with Gasteiger partial charge in [0.1, 0.15) is 23.1 Å². The van der Waals surface area contributed by atoms with Crippen LogP contribution in [-0.4, -0.2) is 46.3 Å². The van der Waals surface area contributed by atoms with Gasteiger partial charge in [0.2, 0.25) is 5.95 Å². The van der Waals surface area contributed by atoms with Crippen molar-refractivity contribution >= 4 is 23.3 Å². The third kappa shape index (κ3) is 3.76. The fourth-order valence-corrected chi connectivity index (χ4v) is 2.93. The highest BCUT2D eigenvalue weighted by molar-refractivity contribution is 5.56. The third-order valence-corrected chi connectivity index (χ3v) is 4.32. The van der Waals surface area contributed by atoms with E-state index in [9.17, 15) is 8.78 Å². The molecule has 1 aromatic carbocycles. The Hall–Kier alpha value is -3.36. The average Bonchev–Trinajstić information content (AvgIpc) is 2.72. The van der Waals surface area contributed by atoms with Crippen molar-refractivity contribution < 1.29 is 8.78 Å². The van der Waals surface area contributed by atoms with E-state index in [2.05, 4.69) is 35.3 Å². The number of para-hydroxylation sites is 1. The van der Waals surface area contributed by atoms with Crippen LogP contribution in [0.3, 0.4) is 0 Å². The second kappa shape index (κ2) is 7.48. The molecule has 27 heavy (non-hydrogen) atoms. The van der Waals surface area contributed by atoms with Gasteiger partial charge in [0.25, 0.3) is 0 Å². The van der Waals surface area contributed by atoms with Gasteiger partial charge >= 0.3 is 0 Å². The van der Waals surface area contributed by atoms with Crippen molar-refractivity contribution in [3.8, 4) is 0 Å². The van der Waals surface area contributed by atoms with Gasteiger partial charge in [0, 0.05) is 32.4 Å². The Kier molecular flexibility index (Phi) is 4.73. The van der Waals surface area contributed by atoms with Gasteiger partial charge in [-0.3, -0.25) is 0 Å². The Morgan fingerprint density at radius 1 is 0.852 bits per heavy atom. The van der Waals surface area contributed by atoms with E-state index in [0.717, 1.165) is 32.0 Å². The molecule has 2 aromatic heterocycles. The second-order valence-corrected chi connectivity index (χ2v) is 6.02. The smallest absolute Gasteiger partial charge is 0.249 e. The van der Waals surface area contributed by atoms with Crippen LogP contribution < -0.4 is 15.1 Å². The molecule has 138 valence electrons. The Morgan fingerprint density at radius 3 is 2.22 bits per heavy atom. The number of hydrogen-bond donors (Lipinski definition) is 1. The lowest BCUT2D eigenvalue weighted by molar-refractivity contribution is 0.590. The summed E-state index contributed by atoms with van der Waals surface area (Å²) in [5.74, 6) is 0.157. The Bertz CT molecular complexity index is 894. The maximum Gasteiger partial charge on any atom is 0.249 e. The SMILES string of the molecule is Fc1cccc(F)c1Nc1nncc(N2CCN(c3ccccn3)CC2)n1. The molecule has 1 aliphatic rings. The number of hydrogen-bond acceptors (Lipinski definition) is 7. The molecule has 0 amide bonds. The topological polar surface area (TPSA) is 70.1 Å². The van der Waals surface area contributed by atoms with E-state index in [0.29, 0.717) is 5.82 Å². The normalized spacial score (nSPS) is 14.3. The first-order valence-corrected chi connectivity index (χ1v) is 8.52. The quantitative estimate of drug-likeness (QED) is 0.758. The molecule has 7 nitrogen and oxygen atoms in total. The number of halogens is 2. The number of piperazine rings is 1. The van der Waals surface area contributed by atoms with Crippen LogP contribution in [0.25, 0.3) is 0 Å². The molecule has 1 fully saturated rings. The van der Waals surface area contributed by atoms with E-state index in [-0.39, 0.29) is 11.6 Å². The molecule has 0 radical (unpaired) electrons. The van der Waals surface area contributed by atoms with Crippen LogP contribution in [0.5, 0.6) is 0 Å². The lowest BCUT2D eigenvalue weighted by atomic mass is 10.3. The fourth-order valence-electron chi connectivity index (χ4n) is 2.93. The van der Waals surface area contributed by atoms with Gasteiger partial charge in [-0.25, -0.2) is 13.8 Å². The zero-order valence-electron chi connectivity index (χ0n) is 14.4. The van der Waals surface area contributed by atoms with Crippen molar-refractivity contribution in [3.05, 3.63) is 60.4 Å². The van der Waals surface area contributed by atoms with Crippen molar-refractivity contribution in [2.45, 2.75) is 0 Å². The number of nitrogens with one attached hydrogen (secondary N) is 1. The Labute approximate surface area is 154 Å². The number of rotatable bonds is 4. The van der Waals surface area contributed by atoms with E-state index in [1.807, 2.05) is 18.2 Å². The molecular weight excluding hydrogens is 352 g/mol. The van der Waals surface area contributed by atoms with E-state index < -0.39 is 11.6 Å². The van der Waals surface area contributed by atoms with Gasteiger partial charge in [0.15, 0.2) is 5.82 Å². The van der Waals surface area contributed by atoms with Crippen LogP contribution in [0.1, 0.15) is 0 Å². The Morgan fingerprint density at radius 2 is 1.56 bits per heavy atom.